The van der Waals surface area contributed by atoms with Crippen LogP contribution in [0, 0.1) is 0 Å². The van der Waals surface area contributed by atoms with Gasteiger partial charge in [0.2, 0.25) is 0 Å². The number of fused-ring (bicyclic) bond motifs is 1. The minimum Gasteiger partial charge on any atom is -0.413 e. The molecule has 54 valence electrons. The lowest BCUT2D eigenvalue weighted by Crippen LogP contribution is -2.29. The summed E-state index contributed by atoms with van der Waals surface area (Å²) in [4.78, 5) is 21.3. The molecule has 0 aromatic heterocycles. The minimum absolute atomic E-state index is 0.456. The van der Waals surface area contributed by atoms with Crippen molar-refractivity contribution in [2.45, 2.75) is 12.0 Å². The highest BCUT2D eigenvalue weighted by Gasteiger charge is 2.77. The van der Waals surface area contributed by atoms with E-state index >= 15 is 0 Å². The largest absolute Gasteiger partial charge is 0.422 e. The van der Waals surface area contributed by atoms with Gasteiger partial charge in [0.1, 0.15) is 0 Å². The molecule has 0 aliphatic carbocycles. The SMILES string of the molecule is O=C1OC(O)C2(O)C(=O)N12. The quantitative estimate of drug-likeness (QED) is 0.384. The molecule has 0 aromatic carbocycles. The van der Waals surface area contributed by atoms with Crippen LogP contribution < -0.4 is 0 Å². The molecule has 10 heavy (non-hydrogen) atoms. The predicted molar refractivity (Wildman–Crippen MR) is 24.3 cm³/mol. The van der Waals surface area contributed by atoms with Crippen LogP contribution in [-0.4, -0.2) is 39.1 Å². The molecule has 0 saturated carbocycles. The van der Waals surface area contributed by atoms with Gasteiger partial charge in [-0.1, -0.05) is 0 Å². The maximum Gasteiger partial charge on any atom is 0.422 e. The number of amides is 2. The molecule has 6 nitrogen and oxygen atoms in total. The van der Waals surface area contributed by atoms with Crippen LogP contribution >= 0.6 is 0 Å². The zero-order valence-corrected chi connectivity index (χ0v) is 4.64. The Morgan fingerprint density at radius 2 is 2.20 bits per heavy atom. The minimum atomic E-state index is -2.07. The average Bonchev–Trinajstić information content (AvgIpc) is 2.28. The van der Waals surface area contributed by atoms with Crippen molar-refractivity contribution in [2.24, 2.45) is 0 Å². The van der Waals surface area contributed by atoms with Gasteiger partial charge in [-0.3, -0.25) is 4.79 Å². The van der Waals surface area contributed by atoms with Gasteiger partial charge in [-0.15, -0.1) is 0 Å². The Morgan fingerprint density at radius 3 is 2.40 bits per heavy atom. The fourth-order valence-electron chi connectivity index (χ4n) is 0.900. The summed E-state index contributed by atoms with van der Waals surface area (Å²) >= 11 is 0. The van der Waals surface area contributed by atoms with Crippen LogP contribution in [0.25, 0.3) is 0 Å². The molecule has 2 amide bonds. The van der Waals surface area contributed by atoms with E-state index in [1.165, 1.54) is 0 Å². The summed E-state index contributed by atoms with van der Waals surface area (Å²) in [6.45, 7) is 0. The Balaban J connectivity index is 2.39. The smallest absolute Gasteiger partial charge is 0.413 e. The standard InChI is InChI=1S/C4H3NO5/c6-1-4(9)2(7)10-3(8)5(1)4/h2,7,9H. The monoisotopic (exact) mass is 145 g/mol. The third-order valence-corrected chi connectivity index (χ3v) is 1.55. The second-order valence-corrected chi connectivity index (χ2v) is 2.10. The fraction of sp³-hybridized carbons (Fsp3) is 0.500. The van der Waals surface area contributed by atoms with Crippen molar-refractivity contribution >= 4 is 12.0 Å². The molecule has 2 aliphatic heterocycles. The summed E-state index contributed by atoms with van der Waals surface area (Å²) in [5.74, 6) is -0.809. The van der Waals surface area contributed by atoms with Gasteiger partial charge in [-0.05, 0) is 0 Å². The molecule has 2 N–H and O–H groups in total. The Bertz CT molecular complexity index is 230. The molecule has 0 radical (unpaired) electrons. The molecule has 2 rings (SSSR count). The van der Waals surface area contributed by atoms with Crippen molar-refractivity contribution in [1.82, 2.24) is 4.90 Å². The van der Waals surface area contributed by atoms with Crippen LogP contribution in [0.5, 0.6) is 0 Å². The Kier molecular flexibility index (Phi) is 0.653. The van der Waals surface area contributed by atoms with Gasteiger partial charge < -0.3 is 14.9 Å². The van der Waals surface area contributed by atoms with Crippen molar-refractivity contribution in [3.8, 4) is 0 Å². The Morgan fingerprint density at radius 1 is 1.60 bits per heavy atom. The molecular weight excluding hydrogens is 142 g/mol. The summed E-state index contributed by atoms with van der Waals surface area (Å²) in [7, 11) is 0. The molecule has 2 atom stereocenters. The maximum absolute atomic E-state index is 10.5. The molecule has 2 aliphatic rings. The molecule has 2 saturated heterocycles. The number of cyclic esters (lactones) is 1. The van der Waals surface area contributed by atoms with E-state index in [4.69, 9.17) is 10.2 Å². The number of imide groups is 1. The van der Waals surface area contributed by atoms with Crippen LogP contribution in [0.4, 0.5) is 4.79 Å². The number of hydrogen-bond donors (Lipinski definition) is 2. The topological polar surface area (TPSA) is 86.8 Å². The molecule has 2 heterocycles. The highest BCUT2D eigenvalue weighted by atomic mass is 16.7. The third kappa shape index (κ3) is 0.327. The van der Waals surface area contributed by atoms with E-state index in [9.17, 15) is 9.59 Å². The van der Waals surface area contributed by atoms with Gasteiger partial charge >= 0.3 is 6.09 Å². The summed E-state index contributed by atoms with van der Waals surface area (Å²) < 4.78 is 4.07. The lowest BCUT2D eigenvalue weighted by Gasteiger charge is -2.02. The number of hydrogen-bond acceptors (Lipinski definition) is 5. The van der Waals surface area contributed by atoms with Crippen molar-refractivity contribution in [3.63, 3.8) is 0 Å². The molecule has 0 spiro atoms. The van der Waals surface area contributed by atoms with Crippen molar-refractivity contribution in [1.29, 1.82) is 0 Å². The zero-order chi connectivity index (χ0) is 7.52. The summed E-state index contributed by atoms with van der Waals surface area (Å²) in [6, 6.07) is 0. The van der Waals surface area contributed by atoms with Gasteiger partial charge in [-0.2, -0.15) is 4.90 Å². The number of aliphatic hydroxyl groups excluding tert-OH is 1. The van der Waals surface area contributed by atoms with Crippen LogP contribution in [0.3, 0.4) is 0 Å². The van der Waals surface area contributed by atoms with Crippen LogP contribution in [0.1, 0.15) is 0 Å². The first kappa shape index (κ1) is 5.63. The Hall–Kier alpha value is -1.14. The average molecular weight is 145 g/mol. The first-order valence-corrected chi connectivity index (χ1v) is 2.54. The molecule has 0 bridgehead atoms. The lowest BCUT2D eigenvalue weighted by atomic mass is 10.4. The Labute approximate surface area is 54.6 Å². The fourth-order valence-corrected chi connectivity index (χ4v) is 0.900. The van der Waals surface area contributed by atoms with Gasteiger partial charge in [0.15, 0.2) is 0 Å². The van der Waals surface area contributed by atoms with E-state index in [1.54, 1.807) is 0 Å². The predicted octanol–water partition coefficient (Wildman–Crippen LogP) is -2.01. The molecule has 2 fully saturated rings. The van der Waals surface area contributed by atoms with E-state index in [0.717, 1.165) is 0 Å². The first-order valence-electron chi connectivity index (χ1n) is 2.54. The first-order chi connectivity index (χ1) is 4.58. The van der Waals surface area contributed by atoms with E-state index in [1.807, 2.05) is 0 Å². The third-order valence-electron chi connectivity index (χ3n) is 1.55. The van der Waals surface area contributed by atoms with Crippen molar-refractivity contribution in [2.75, 3.05) is 0 Å². The number of rotatable bonds is 0. The molecular formula is C4H3NO5. The van der Waals surface area contributed by atoms with Gasteiger partial charge in [0.25, 0.3) is 17.9 Å². The van der Waals surface area contributed by atoms with Crippen molar-refractivity contribution < 1.29 is 24.5 Å². The number of nitrogens with zero attached hydrogens (tertiary/aromatic N) is 1. The molecule has 0 aromatic rings. The second kappa shape index (κ2) is 1.16. The van der Waals surface area contributed by atoms with Gasteiger partial charge in [0.05, 0.1) is 0 Å². The summed E-state index contributed by atoms with van der Waals surface area (Å²) in [5, 5.41) is 17.6. The van der Waals surface area contributed by atoms with Gasteiger partial charge in [0, 0.05) is 0 Å². The van der Waals surface area contributed by atoms with Crippen molar-refractivity contribution in [3.05, 3.63) is 0 Å². The van der Waals surface area contributed by atoms with Crippen LogP contribution in [0.2, 0.25) is 0 Å². The second-order valence-electron chi connectivity index (χ2n) is 2.10. The van der Waals surface area contributed by atoms with E-state index < -0.39 is 24.0 Å². The number of aliphatic hydroxyl groups is 2. The molecule has 2 unspecified atom stereocenters. The molecule has 6 heteroatoms. The summed E-state index contributed by atoms with van der Waals surface area (Å²) in [6.07, 6.45) is -2.73. The lowest BCUT2D eigenvalue weighted by molar-refractivity contribution is -0.141. The number of carbonyl (C=O) groups excluding carboxylic acids is 2. The summed E-state index contributed by atoms with van der Waals surface area (Å²) in [5.41, 5.74) is -2.07. The normalized spacial score (nSPS) is 43.4. The number of carbonyl (C=O) groups is 2. The number of ether oxygens (including phenoxy) is 1. The van der Waals surface area contributed by atoms with Crippen LogP contribution in [0.15, 0.2) is 0 Å². The van der Waals surface area contributed by atoms with E-state index in [-0.39, 0.29) is 0 Å². The highest BCUT2D eigenvalue weighted by molar-refractivity contribution is 6.14. The van der Waals surface area contributed by atoms with E-state index in [0.29, 0.717) is 4.90 Å². The maximum atomic E-state index is 10.5. The zero-order valence-electron chi connectivity index (χ0n) is 4.64. The van der Waals surface area contributed by atoms with Crippen LogP contribution in [-0.2, 0) is 9.53 Å². The highest BCUT2D eigenvalue weighted by Crippen LogP contribution is 2.41. The van der Waals surface area contributed by atoms with E-state index in [2.05, 4.69) is 4.74 Å². The van der Waals surface area contributed by atoms with Gasteiger partial charge in [-0.25, -0.2) is 4.79 Å².